The molecule has 0 aliphatic carbocycles. The zero-order valence-electron chi connectivity index (χ0n) is 7.44. The number of ketones is 1. The van der Waals surface area contributed by atoms with E-state index in [9.17, 15) is 4.79 Å². The van der Waals surface area contributed by atoms with Crippen LogP contribution in [0.1, 0.15) is 39.5 Å². The van der Waals surface area contributed by atoms with Crippen LogP contribution in [-0.4, -0.2) is 17.9 Å². The second-order valence-corrected chi connectivity index (χ2v) is 3.54. The lowest BCUT2D eigenvalue weighted by atomic mass is 9.92. The summed E-state index contributed by atoms with van der Waals surface area (Å²) >= 11 is 0. The van der Waals surface area contributed by atoms with Gasteiger partial charge in [-0.3, -0.25) is 4.79 Å². The van der Waals surface area contributed by atoms with Crippen molar-refractivity contribution >= 4 is 5.78 Å². The number of nitrogens with one attached hydrogen (secondary N) is 1. The summed E-state index contributed by atoms with van der Waals surface area (Å²) in [7, 11) is 0. The molecule has 1 aliphatic heterocycles. The third-order valence-electron chi connectivity index (χ3n) is 2.46. The third-order valence-corrected chi connectivity index (χ3v) is 2.46. The second-order valence-electron chi connectivity index (χ2n) is 3.54. The quantitative estimate of drug-likeness (QED) is 0.669. The van der Waals surface area contributed by atoms with Crippen molar-refractivity contribution in [2.45, 2.75) is 45.1 Å². The van der Waals surface area contributed by atoms with Crippen LogP contribution in [0.15, 0.2) is 0 Å². The zero-order valence-corrected chi connectivity index (χ0v) is 7.44. The number of hydrogen-bond acceptors (Lipinski definition) is 2. The molecular weight excluding hydrogens is 138 g/mol. The fourth-order valence-electron chi connectivity index (χ4n) is 1.64. The summed E-state index contributed by atoms with van der Waals surface area (Å²) < 4.78 is 0. The van der Waals surface area contributed by atoms with E-state index in [2.05, 4.69) is 12.2 Å². The molecule has 0 radical (unpaired) electrons. The van der Waals surface area contributed by atoms with E-state index in [-0.39, 0.29) is 5.54 Å². The molecule has 0 aromatic heterocycles. The minimum Gasteiger partial charge on any atom is -0.305 e. The largest absolute Gasteiger partial charge is 0.305 e. The van der Waals surface area contributed by atoms with Crippen molar-refractivity contribution in [3.8, 4) is 0 Å². The van der Waals surface area contributed by atoms with Gasteiger partial charge in [0.2, 0.25) is 0 Å². The van der Waals surface area contributed by atoms with Crippen molar-refractivity contribution in [2.24, 2.45) is 0 Å². The first-order chi connectivity index (χ1) is 5.19. The van der Waals surface area contributed by atoms with Crippen LogP contribution in [0.5, 0.6) is 0 Å². The first-order valence-electron chi connectivity index (χ1n) is 4.47. The van der Waals surface area contributed by atoms with Crippen molar-refractivity contribution in [1.82, 2.24) is 5.32 Å². The third kappa shape index (κ3) is 1.80. The number of hydrogen-bond donors (Lipinski definition) is 1. The molecule has 2 heteroatoms. The molecule has 1 saturated heterocycles. The average Bonchev–Trinajstić information content (AvgIpc) is 2.38. The van der Waals surface area contributed by atoms with Crippen LogP contribution < -0.4 is 5.32 Å². The van der Waals surface area contributed by atoms with Gasteiger partial charge in [0.1, 0.15) is 0 Å². The molecule has 0 amide bonds. The molecule has 0 saturated carbocycles. The van der Waals surface area contributed by atoms with Gasteiger partial charge in [-0.25, -0.2) is 0 Å². The molecule has 0 aromatic carbocycles. The molecule has 1 N–H and O–H groups in total. The summed E-state index contributed by atoms with van der Waals surface area (Å²) in [5, 5.41) is 3.27. The molecule has 1 heterocycles. The first-order valence-corrected chi connectivity index (χ1v) is 4.47. The van der Waals surface area contributed by atoms with Crippen molar-refractivity contribution in [3.63, 3.8) is 0 Å². The topological polar surface area (TPSA) is 29.1 Å². The molecule has 0 spiro atoms. The van der Waals surface area contributed by atoms with E-state index < -0.39 is 0 Å². The Morgan fingerprint density at radius 3 is 2.82 bits per heavy atom. The van der Waals surface area contributed by atoms with E-state index in [0.717, 1.165) is 32.2 Å². The van der Waals surface area contributed by atoms with Gasteiger partial charge in [0.15, 0.2) is 5.78 Å². The van der Waals surface area contributed by atoms with Gasteiger partial charge in [-0.15, -0.1) is 0 Å². The van der Waals surface area contributed by atoms with E-state index in [0.29, 0.717) is 5.78 Å². The van der Waals surface area contributed by atoms with Crippen LogP contribution in [0.2, 0.25) is 0 Å². The Morgan fingerprint density at radius 2 is 2.36 bits per heavy atom. The Bertz CT molecular complexity index is 148. The lowest BCUT2D eigenvalue weighted by Gasteiger charge is -2.21. The van der Waals surface area contributed by atoms with Gasteiger partial charge >= 0.3 is 0 Å². The van der Waals surface area contributed by atoms with Crippen molar-refractivity contribution in [2.75, 3.05) is 6.54 Å². The summed E-state index contributed by atoms with van der Waals surface area (Å²) in [5.41, 5.74) is -0.185. The Balaban J connectivity index is 2.49. The smallest absolute Gasteiger partial charge is 0.152 e. The lowest BCUT2D eigenvalue weighted by Crippen LogP contribution is -2.44. The van der Waals surface area contributed by atoms with E-state index in [1.54, 1.807) is 0 Å². The molecule has 1 atom stereocenters. The van der Waals surface area contributed by atoms with Crippen molar-refractivity contribution in [3.05, 3.63) is 0 Å². The Labute approximate surface area is 68.4 Å². The highest BCUT2D eigenvalue weighted by molar-refractivity contribution is 5.88. The Morgan fingerprint density at radius 1 is 1.64 bits per heavy atom. The SMILES string of the molecule is CCCC(=O)[C@]1(C)CCCN1. The minimum absolute atomic E-state index is 0.185. The molecule has 2 nitrogen and oxygen atoms in total. The molecule has 0 unspecified atom stereocenters. The summed E-state index contributed by atoms with van der Waals surface area (Å²) in [6, 6.07) is 0. The highest BCUT2D eigenvalue weighted by Crippen LogP contribution is 2.21. The summed E-state index contributed by atoms with van der Waals surface area (Å²) in [4.78, 5) is 11.5. The summed E-state index contributed by atoms with van der Waals surface area (Å²) in [6.45, 7) is 5.08. The standard InChI is InChI=1S/C9H17NO/c1-3-5-8(11)9(2)6-4-7-10-9/h10H,3-7H2,1-2H3/t9-/m0/s1. The highest BCUT2D eigenvalue weighted by atomic mass is 16.1. The molecule has 1 aliphatic rings. The van der Waals surface area contributed by atoms with Crippen LogP contribution in [0.4, 0.5) is 0 Å². The van der Waals surface area contributed by atoms with Crippen LogP contribution in [0.3, 0.4) is 0 Å². The van der Waals surface area contributed by atoms with Crippen LogP contribution in [0.25, 0.3) is 0 Å². The highest BCUT2D eigenvalue weighted by Gasteiger charge is 2.34. The molecule has 11 heavy (non-hydrogen) atoms. The minimum atomic E-state index is -0.185. The number of carbonyl (C=O) groups excluding carboxylic acids is 1. The summed E-state index contributed by atoms with van der Waals surface area (Å²) in [5.74, 6) is 0.387. The molecule has 64 valence electrons. The van der Waals surface area contributed by atoms with Crippen molar-refractivity contribution in [1.29, 1.82) is 0 Å². The van der Waals surface area contributed by atoms with Gasteiger partial charge in [0.05, 0.1) is 5.54 Å². The predicted molar refractivity (Wildman–Crippen MR) is 45.6 cm³/mol. The fourth-order valence-corrected chi connectivity index (χ4v) is 1.64. The Kier molecular flexibility index (Phi) is 2.66. The van der Waals surface area contributed by atoms with Crippen LogP contribution >= 0.6 is 0 Å². The number of carbonyl (C=O) groups is 1. The van der Waals surface area contributed by atoms with Gasteiger partial charge in [0.25, 0.3) is 0 Å². The van der Waals surface area contributed by atoms with E-state index in [1.165, 1.54) is 0 Å². The second kappa shape index (κ2) is 3.35. The first kappa shape index (κ1) is 8.72. The van der Waals surface area contributed by atoms with Crippen LogP contribution in [0, 0.1) is 0 Å². The maximum absolute atomic E-state index is 11.5. The van der Waals surface area contributed by atoms with E-state index in [1.807, 2.05) is 6.92 Å². The van der Waals surface area contributed by atoms with Gasteiger partial charge in [-0.05, 0) is 32.7 Å². The lowest BCUT2D eigenvalue weighted by molar-refractivity contribution is -0.124. The molecule has 1 rings (SSSR count). The summed E-state index contributed by atoms with van der Waals surface area (Å²) in [6.07, 6.45) is 3.86. The molecule has 0 bridgehead atoms. The maximum Gasteiger partial charge on any atom is 0.152 e. The van der Waals surface area contributed by atoms with Gasteiger partial charge in [-0.1, -0.05) is 6.92 Å². The molecular formula is C9H17NO. The number of rotatable bonds is 3. The Hall–Kier alpha value is -0.370. The van der Waals surface area contributed by atoms with Gasteiger partial charge < -0.3 is 5.32 Å². The van der Waals surface area contributed by atoms with Gasteiger partial charge in [-0.2, -0.15) is 0 Å². The predicted octanol–water partition coefficient (Wildman–Crippen LogP) is 1.50. The monoisotopic (exact) mass is 155 g/mol. The maximum atomic E-state index is 11.5. The van der Waals surface area contributed by atoms with E-state index in [4.69, 9.17) is 0 Å². The molecule has 1 fully saturated rings. The van der Waals surface area contributed by atoms with Crippen molar-refractivity contribution < 1.29 is 4.79 Å². The number of Topliss-reactive ketones (excluding diaryl/α,β-unsaturated/α-hetero) is 1. The average molecular weight is 155 g/mol. The zero-order chi connectivity index (χ0) is 8.32. The molecule has 0 aromatic rings. The fraction of sp³-hybridized carbons (Fsp3) is 0.889. The van der Waals surface area contributed by atoms with E-state index >= 15 is 0 Å². The van der Waals surface area contributed by atoms with Gasteiger partial charge in [0, 0.05) is 6.42 Å². The normalized spacial score (nSPS) is 30.7. The van der Waals surface area contributed by atoms with Crippen LogP contribution in [-0.2, 0) is 4.79 Å².